The third kappa shape index (κ3) is 4.14. The Hall–Kier alpha value is -1.81. The lowest BCUT2D eigenvalue weighted by atomic mass is 10.1. The van der Waals surface area contributed by atoms with Crippen molar-refractivity contribution in [2.75, 3.05) is 13.1 Å². The van der Waals surface area contributed by atoms with Gasteiger partial charge < -0.3 is 9.32 Å². The predicted molar refractivity (Wildman–Crippen MR) is 93.2 cm³/mol. The number of hydrogen-bond donors (Lipinski definition) is 0. The zero-order valence-electron chi connectivity index (χ0n) is 13.6. The molecule has 2 rings (SSSR count). The maximum atomic E-state index is 12.8. The number of nitrogens with zero attached hydrogens (tertiary/aromatic N) is 1. The highest BCUT2D eigenvalue weighted by Gasteiger charge is 2.20. The smallest absolute Gasteiger partial charge is 0.336 e. The molecule has 0 atom stereocenters. The molecule has 23 heavy (non-hydrogen) atoms. The average molecular weight is 336 g/mol. The second kappa shape index (κ2) is 8.16. The topological polar surface area (TPSA) is 50.5 Å². The Labute approximate surface area is 141 Å². The quantitative estimate of drug-likeness (QED) is 0.700. The van der Waals surface area contributed by atoms with Crippen LogP contribution in [0.25, 0.3) is 11.0 Å². The van der Waals surface area contributed by atoms with E-state index in [1.54, 1.807) is 18.2 Å². The molecular weight excluding hydrogens is 314 g/mol. The van der Waals surface area contributed by atoms with Crippen LogP contribution >= 0.6 is 11.6 Å². The molecule has 0 radical (unpaired) electrons. The van der Waals surface area contributed by atoms with Crippen LogP contribution in [0.3, 0.4) is 0 Å². The van der Waals surface area contributed by atoms with Gasteiger partial charge in [-0.05, 0) is 25.0 Å². The fourth-order valence-electron chi connectivity index (χ4n) is 2.45. The Morgan fingerprint density at radius 2 is 1.70 bits per heavy atom. The Morgan fingerprint density at radius 1 is 1.09 bits per heavy atom. The van der Waals surface area contributed by atoms with Gasteiger partial charge >= 0.3 is 5.63 Å². The zero-order chi connectivity index (χ0) is 16.8. The van der Waals surface area contributed by atoms with Crippen LogP contribution in [0.2, 0.25) is 5.02 Å². The second-order valence-corrected chi connectivity index (χ2v) is 5.98. The van der Waals surface area contributed by atoms with E-state index in [9.17, 15) is 9.59 Å². The van der Waals surface area contributed by atoms with Gasteiger partial charge in [-0.3, -0.25) is 4.79 Å². The fourth-order valence-corrected chi connectivity index (χ4v) is 2.74. The monoisotopic (exact) mass is 335 g/mol. The number of fused-ring (bicyclic) bond motifs is 1. The molecule has 1 heterocycles. The van der Waals surface area contributed by atoms with Gasteiger partial charge in [0.15, 0.2) is 5.58 Å². The van der Waals surface area contributed by atoms with Gasteiger partial charge in [-0.2, -0.15) is 0 Å². The Bertz CT molecular complexity index is 731. The van der Waals surface area contributed by atoms with Crippen LogP contribution in [-0.4, -0.2) is 23.9 Å². The van der Waals surface area contributed by atoms with Crippen molar-refractivity contribution in [2.45, 2.75) is 39.5 Å². The summed E-state index contributed by atoms with van der Waals surface area (Å²) in [6, 6.07) is 6.45. The molecular formula is C18H22ClNO3. The molecule has 1 aromatic carbocycles. The van der Waals surface area contributed by atoms with Crippen molar-refractivity contribution >= 4 is 28.5 Å². The molecule has 5 heteroatoms. The second-order valence-electron chi connectivity index (χ2n) is 5.60. The molecule has 0 aliphatic carbocycles. The van der Waals surface area contributed by atoms with Gasteiger partial charge in [0, 0.05) is 24.5 Å². The molecule has 0 fully saturated rings. The molecule has 1 amide bonds. The lowest BCUT2D eigenvalue weighted by molar-refractivity contribution is 0.0751. The van der Waals surface area contributed by atoms with Gasteiger partial charge in [0.25, 0.3) is 5.91 Å². The number of hydrogen-bond acceptors (Lipinski definition) is 3. The van der Waals surface area contributed by atoms with Crippen molar-refractivity contribution in [1.29, 1.82) is 0 Å². The van der Waals surface area contributed by atoms with Crippen LogP contribution in [0.5, 0.6) is 0 Å². The standard InChI is InChI=1S/C18H22ClNO3/c1-3-5-11-20(12-6-4-2)18(22)14-9-7-13-8-10-15(21)23-17(13)16(14)19/h7-10H,3-6,11-12H2,1-2H3. The van der Waals surface area contributed by atoms with E-state index in [0.717, 1.165) is 25.7 Å². The summed E-state index contributed by atoms with van der Waals surface area (Å²) in [5.74, 6) is -0.106. The summed E-state index contributed by atoms with van der Waals surface area (Å²) in [6.07, 6.45) is 3.96. The molecule has 1 aromatic heterocycles. The number of rotatable bonds is 7. The Balaban J connectivity index is 2.37. The molecule has 0 aliphatic heterocycles. The van der Waals surface area contributed by atoms with E-state index in [-0.39, 0.29) is 16.5 Å². The molecule has 124 valence electrons. The molecule has 0 bridgehead atoms. The first kappa shape index (κ1) is 17.5. The third-order valence-corrected chi connectivity index (χ3v) is 4.19. The maximum absolute atomic E-state index is 12.8. The van der Waals surface area contributed by atoms with Gasteiger partial charge in [-0.15, -0.1) is 0 Å². The number of unbranched alkanes of at least 4 members (excludes halogenated alkanes) is 2. The van der Waals surface area contributed by atoms with E-state index in [2.05, 4.69) is 13.8 Å². The minimum Gasteiger partial charge on any atom is -0.421 e. The minimum atomic E-state index is -0.474. The molecule has 0 spiro atoms. The van der Waals surface area contributed by atoms with Crippen molar-refractivity contribution in [3.05, 3.63) is 45.3 Å². The van der Waals surface area contributed by atoms with Gasteiger partial charge in [-0.25, -0.2) is 4.79 Å². The third-order valence-electron chi connectivity index (χ3n) is 3.81. The SMILES string of the molecule is CCCCN(CCCC)C(=O)c1ccc2ccc(=O)oc2c1Cl. The van der Waals surface area contributed by atoms with Gasteiger partial charge in [0.2, 0.25) is 0 Å². The highest BCUT2D eigenvalue weighted by Crippen LogP contribution is 2.27. The van der Waals surface area contributed by atoms with Crippen molar-refractivity contribution in [3.63, 3.8) is 0 Å². The Kier molecular flexibility index (Phi) is 6.22. The molecule has 0 aliphatic rings. The number of halogens is 1. The largest absolute Gasteiger partial charge is 0.421 e. The van der Waals surface area contributed by atoms with E-state index in [1.807, 2.05) is 4.90 Å². The summed E-state index contributed by atoms with van der Waals surface area (Å²) in [7, 11) is 0. The molecule has 2 aromatic rings. The van der Waals surface area contributed by atoms with Gasteiger partial charge in [0.1, 0.15) is 0 Å². The lowest BCUT2D eigenvalue weighted by Gasteiger charge is -2.23. The highest BCUT2D eigenvalue weighted by atomic mass is 35.5. The number of amides is 1. The van der Waals surface area contributed by atoms with Crippen molar-refractivity contribution < 1.29 is 9.21 Å². The average Bonchev–Trinajstić information content (AvgIpc) is 2.55. The fraction of sp³-hybridized carbons (Fsp3) is 0.444. The summed E-state index contributed by atoms with van der Waals surface area (Å²) >= 11 is 6.34. The summed E-state index contributed by atoms with van der Waals surface area (Å²) in [4.78, 5) is 26.1. The Morgan fingerprint density at radius 3 is 2.30 bits per heavy atom. The summed E-state index contributed by atoms with van der Waals surface area (Å²) < 4.78 is 5.17. The van der Waals surface area contributed by atoms with E-state index >= 15 is 0 Å². The molecule has 0 saturated carbocycles. The number of carbonyl (C=O) groups excluding carboxylic acids is 1. The minimum absolute atomic E-state index is 0.106. The predicted octanol–water partition coefficient (Wildman–Crippen LogP) is 4.49. The first-order valence-corrected chi connectivity index (χ1v) is 8.48. The number of carbonyl (C=O) groups is 1. The zero-order valence-corrected chi connectivity index (χ0v) is 14.4. The molecule has 0 N–H and O–H groups in total. The van der Waals surface area contributed by atoms with E-state index in [4.69, 9.17) is 16.0 Å². The van der Waals surface area contributed by atoms with Crippen LogP contribution in [-0.2, 0) is 0 Å². The van der Waals surface area contributed by atoms with Gasteiger partial charge in [-0.1, -0.05) is 44.4 Å². The summed E-state index contributed by atoms with van der Waals surface area (Å²) in [5.41, 5.74) is 0.189. The normalized spacial score (nSPS) is 10.9. The summed E-state index contributed by atoms with van der Waals surface area (Å²) in [6.45, 7) is 5.62. The molecule has 0 saturated heterocycles. The van der Waals surface area contributed by atoms with Crippen LogP contribution in [0, 0.1) is 0 Å². The summed E-state index contributed by atoms with van der Waals surface area (Å²) in [5, 5.41) is 0.919. The highest BCUT2D eigenvalue weighted by molar-refractivity contribution is 6.38. The van der Waals surface area contributed by atoms with Crippen LogP contribution < -0.4 is 5.63 Å². The van der Waals surface area contributed by atoms with E-state index < -0.39 is 5.63 Å². The van der Waals surface area contributed by atoms with Crippen molar-refractivity contribution in [3.8, 4) is 0 Å². The van der Waals surface area contributed by atoms with Crippen LogP contribution in [0.4, 0.5) is 0 Å². The molecule has 4 nitrogen and oxygen atoms in total. The van der Waals surface area contributed by atoms with Gasteiger partial charge in [0.05, 0.1) is 10.6 Å². The van der Waals surface area contributed by atoms with Crippen molar-refractivity contribution in [2.24, 2.45) is 0 Å². The first-order chi connectivity index (χ1) is 11.1. The van der Waals surface area contributed by atoms with E-state index in [0.29, 0.717) is 24.0 Å². The van der Waals surface area contributed by atoms with Crippen LogP contribution in [0.15, 0.2) is 33.5 Å². The number of benzene rings is 1. The van der Waals surface area contributed by atoms with Crippen LogP contribution in [0.1, 0.15) is 49.9 Å². The van der Waals surface area contributed by atoms with E-state index in [1.165, 1.54) is 6.07 Å². The lowest BCUT2D eigenvalue weighted by Crippen LogP contribution is -2.33. The van der Waals surface area contributed by atoms with Crippen molar-refractivity contribution in [1.82, 2.24) is 4.90 Å². The maximum Gasteiger partial charge on any atom is 0.336 e. The first-order valence-electron chi connectivity index (χ1n) is 8.10. The molecule has 0 unspecified atom stereocenters.